The lowest BCUT2D eigenvalue weighted by Crippen LogP contribution is -2.31. The Kier molecular flexibility index (Phi) is 6.59. The van der Waals surface area contributed by atoms with E-state index in [0.29, 0.717) is 24.0 Å². The van der Waals surface area contributed by atoms with E-state index in [4.69, 9.17) is 4.74 Å². The average molecular weight is 465 g/mol. The summed E-state index contributed by atoms with van der Waals surface area (Å²) < 4.78 is 33.4. The zero-order chi connectivity index (χ0) is 24.6. The van der Waals surface area contributed by atoms with Crippen LogP contribution in [0.4, 0.5) is 8.78 Å². The van der Waals surface area contributed by atoms with Crippen molar-refractivity contribution in [1.29, 1.82) is 0 Å². The van der Waals surface area contributed by atoms with E-state index in [-0.39, 0.29) is 23.5 Å². The van der Waals surface area contributed by atoms with Crippen molar-refractivity contribution in [3.63, 3.8) is 0 Å². The van der Waals surface area contributed by atoms with Crippen LogP contribution in [-0.2, 0) is 9.53 Å². The summed E-state index contributed by atoms with van der Waals surface area (Å²) in [5.41, 5.74) is 5.70. The van der Waals surface area contributed by atoms with E-state index >= 15 is 0 Å². The van der Waals surface area contributed by atoms with Gasteiger partial charge in [0.05, 0.1) is 12.5 Å². The smallest absolute Gasteiger partial charge is 0.309 e. The van der Waals surface area contributed by atoms with E-state index in [0.717, 1.165) is 27.8 Å². The molecule has 0 saturated carbocycles. The number of aryl methyl sites for hydroxylation is 2. The van der Waals surface area contributed by atoms with Crippen molar-refractivity contribution >= 4 is 17.1 Å². The van der Waals surface area contributed by atoms with Crippen molar-refractivity contribution in [2.45, 2.75) is 59.2 Å². The minimum Gasteiger partial charge on any atom is -0.458 e. The molecule has 0 amide bonds. The molecular formula is C29H30F2O3. The second-order valence-corrected chi connectivity index (χ2v) is 9.97. The molecule has 0 bridgehead atoms. The number of cyclic esters (lactones) is 1. The molecule has 2 atom stereocenters. The fourth-order valence-electron chi connectivity index (χ4n) is 4.77. The Labute approximate surface area is 199 Å². The van der Waals surface area contributed by atoms with Crippen LogP contribution >= 0.6 is 0 Å². The van der Waals surface area contributed by atoms with E-state index in [2.05, 4.69) is 19.9 Å². The zero-order valence-electron chi connectivity index (χ0n) is 20.0. The quantitative estimate of drug-likeness (QED) is 0.528. The van der Waals surface area contributed by atoms with Crippen LogP contribution in [-0.4, -0.2) is 23.3 Å². The molecule has 1 aliphatic heterocycles. The molecule has 4 rings (SSSR count). The SMILES string of the molecule is Cc1cc(C2=CC(c3ccc(F)c(C)c3)=C(/C=C/[C@H]3C[C@H](O)CC(=O)O3)C(C)(C)C2)ccc1F. The van der Waals surface area contributed by atoms with E-state index in [1.54, 1.807) is 26.0 Å². The highest BCUT2D eigenvalue weighted by atomic mass is 19.1. The average Bonchev–Trinajstić information content (AvgIpc) is 2.75. The van der Waals surface area contributed by atoms with Crippen LogP contribution in [0, 0.1) is 30.9 Å². The Morgan fingerprint density at radius 2 is 1.65 bits per heavy atom. The summed E-state index contributed by atoms with van der Waals surface area (Å²) in [6.07, 6.45) is 5.76. The Hall–Kier alpha value is -3.05. The summed E-state index contributed by atoms with van der Waals surface area (Å²) >= 11 is 0. The molecule has 5 heteroatoms. The van der Waals surface area contributed by atoms with Crippen LogP contribution in [0.2, 0.25) is 0 Å². The number of halogens is 2. The van der Waals surface area contributed by atoms with Crippen molar-refractivity contribution < 1.29 is 23.4 Å². The first-order valence-electron chi connectivity index (χ1n) is 11.6. The predicted molar refractivity (Wildman–Crippen MR) is 130 cm³/mol. The largest absolute Gasteiger partial charge is 0.458 e. The fourth-order valence-corrected chi connectivity index (χ4v) is 4.77. The third kappa shape index (κ3) is 5.05. The fraction of sp³-hybridized carbons (Fsp3) is 0.345. The Bertz CT molecular complexity index is 1220. The normalized spacial score (nSPS) is 22.7. The summed E-state index contributed by atoms with van der Waals surface area (Å²) in [5.74, 6) is -0.913. The molecule has 2 aliphatic rings. The van der Waals surface area contributed by atoms with Gasteiger partial charge in [-0.3, -0.25) is 4.79 Å². The maximum Gasteiger partial charge on any atom is 0.309 e. The van der Waals surface area contributed by atoms with Gasteiger partial charge in [0, 0.05) is 6.42 Å². The Balaban J connectivity index is 1.84. The monoisotopic (exact) mass is 464 g/mol. The number of ether oxygens (including phenoxy) is 1. The van der Waals surface area contributed by atoms with E-state index in [1.807, 2.05) is 24.3 Å². The Morgan fingerprint density at radius 1 is 1.03 bits per heavy atom. The molecule has 0 radical (unpaired) electrons. The predicted octanol–water partition coefficient (Wildman–Crippen LogP) is 6.47. The molecule has 0 aromatic heterocycles. The van der Waals surface area contributed by atoms with Crippen molar-refractivity contribution in [3.05, 3.63) is 94.1 Å². The molecule has 1 saturated heterocycles. The van der Waals surface area contributed by atoms with Gasteiger partial charge in [-0.25, -0.2) is 8.78 Å². The van der Waals surface area contributed by atoms with Crippen molar-refractivity contribution in [3.8, 4) is 0 Å². The molecule has 34 heavy (non-hydrogen) atoms. The highest BCUT2D eigenvalue weighted by Crippen LogP contribution is 2.47. The third-order valence-electron chi connectivity index (χ3n) is 6.63. The molecular weight excluding hydrogens is 434 g/mol. The van der Waals surface area contributed by atoms with E-state index < -0.39 is 18.2 Å². The van der Waals surface area contributed by atoms with E-state index in [1.165, 1.54) is 12.1 Å². The van der Waals surface area contributed by atoms with Crippen LogP contribution in [0.15, 0.2) is 60.2 Å². The molecule has 1 heterocycles. The standard InChI is InChI=1S/C29H30F2O3/c1-17-11-19(5-9-26(17)30)21-13-24(20-6-10-27(31)18(2)12-20)25(29(3,4)16-21)8-7-23-14-22(32)15-28(33)34-23/h5-13,22-23,32H,14-16H2,1-4H3/b8-7+/t22-,23-/m0/s1. The van der Waals surface area contributed by atoms with Gasteiger partial charge in [-0.1, -0.05) is 38.1 Å². The number of carbonyl (C=O) groups is 1. The highest BCUT2D eigenvalue weighted by Gasteiger charge is 2.32. The van der Waals surface area contributed by atoms with Gasteiger partial charge in [-0.2, -0.15) is 0 Å². The molecule has 1 N–H and O–H groups in total. The topological polar surface area (TPSA) is 46.5 Å². The van der Waals surface area contributed by atoms with Gasteiger partial charge in [0.1, 0.15) is 17.7 Å². The van der Waals surface area contributed by atoms with Crippen molar-refractivity contribution in [2.24, 2.45) is 5.41 Å². The summed E-state index contributed by atoms with van der Waals surface area (Å²) in [7, 11) is 0. The van der Waals surface area contributed by atoms with Gasteiger partial charge in [0.25, 0.3) is 0 Å². The molecule has 1 fully saturated rings. The lowest BCUT2D eigenvalue weighted by molar-refractivity contribution is -0.156. The molecule has 3 nitrogen and oxygen atoms in total. The van der Waals surface area contributed by atoms with Crippen LogP contribution in [0.1, 0.15) is 55.4 Å². The van der Waals surface area contributed by atoms with Gasteiger partial charge < -0.3 is 9.84 Å². The second kappa shape index (κ2) is 9.30. The van der Waals surface area contributed by atoms with Gasteiger partial charge in [-0.05, 0) is 95.0 Å². The first-order chi connectivity index (χ1) is 16.0. The molecule has 1 aliphatic carbocycles. The number of aliphatic hydroxyl groups is 1. The number of aliphatic hydroxyl groups excluding tert-OH is 1. The van der Waals surface area contributed by atoms with Crippen LogP contribution < -0.4 is 0 Å². The summed E-state index contributed by atoms with van der Waals surface area (Å²) in [4.78, 5) is 11.8. The van der Waals surface area contributed by atoms with Crippen molar-refractivity contribution in [2.75, 3.05) is 0 Å². The number of carbonyl (C=O) groups excluding carboxylic acids is 1. The molecule has 2 aromatic carbocycles. The summed E-state index contributed by atoms with van der Waals surface area (Å²) in [6.45, 7) is 7.75. The second-order valence-electron chi connectivity index (χ2n) is 9.97. The van der Waals surface area contributed by atoms with Crippen LogP contribution in [0.5, 0.6) is 0 Å². The minimum absolute atomic E-state index is 0.0157. The third-order valence-corrected chi connectivity index (χ3v) is 6.63. The molecule has 0 unspecified atom stereocenters. The van der Waals surface area contributed by atoms with Crippen LogP contribution in [0.3, 0.4) is 0 Å². The maximum absolute atomic E-state index is 14.1. The number of rotatable bonds is 4. The lowest BCUT2D eigenvalue weighted by atomic mass is 9.70. The lowest BCUT2D eigenvalue weighted by Gasteiger charge is -2.35. The number of hydrogen-bond acceptors (Lipinski definition) is 3. The summed E-state index contributed by atoms with van der Waals surface area (Å²) in [5, 5.41) is 9.96. The molecule has 0 spiro atoms. The number of allylic oxidation sites excluding steroid dienone is 5. The van der Waals surface area contributed by atoms with Gasteiger partial charge in [-0.15, -0.1) is 0 Å². The van der Waals surface area contributed by atoms with Gasteiger partial charge in [0.2, 0.25) is 0 Å². The number of esters is 1. The van der Waals surface area contributed by atoms with E-state index in [9.17, 15) is 18.7 Å². The van der Waals surface area contributed by atoms with Crippen molar-refractivity contribution in [1.82, 2.24) is 0 Å². The number of benzene rings is 2. The van der Waals surface area contributed by atoms with Gasteiger partial charge >= 0.3 is 5.97 Å². The first-order valence-corrected chi connectivity index (χ1v) is 11.6. The maximum atomic E-state index is 14.1. The number of hydrogen-bond donors (Lipinski definition) is 1. The Morgan fingerprint density at radius 3 is 2.26 bits per heavy atom. The van der Waals surface area contributed by atoms with Gasteiger partial charge in [0.15, 0.2) is 0 Å². The summed E-state index contributed by atoms with van der Waals surface area (Å²) in [6, 6.07) is 10.2. The first kappa shape index (κ1) is 24.1. The molecule has 2 aromatic rings. The zero-order valence-corrected chi connectivity index (χ0v) is 20.0. The highest BCUT2D eigenvalue weighted by molar-refractivity contribution is 5.90. The van der Waals surface area contributed by atoms with Crippen LogP contribution in [0.25, 0.3) is 11.1 Å². The molecule has 178 valence electrons. The minimum atomic E-state index is -0.711.